The van der Waals surface area contributed by atoms with Crippen molar-refractivity contribution < 1.29 is 19.1 Å². The monoisotopic (exact) mass is 465 g/mol. The number of hydrogen-bond donors (Lipinski definition) is 1. The third-order valence-corrected chi connectivity index (χ3v) is 5.69. The fourth-order valence-corrected chi connectivity index (χ4v) is 3.72. The highest BCUT2D eigenvalue weighted by Gasteiger charge is 2.30. The van der Waals surface area contributed by atoms with Crippen LogP contribution in [0.3, 0.4) is 0 Å². The lowest BCUT2D eigenvalue weighted by Crippen LogP contribution is -2.21. The number of primary amides is 1. The lowest BCUT2D eigenvalue weighted by atomic mass is 9.94. The van der Waals surface area contributed by atoms with Gasteiger partial charge < -0.3 is 15.2 Å². The minimum absolute atomic E-state index is 0.0564. The summed E-state index contributed by atoms with van der Waals surface area (Å²) in [6.45, 7) is 2.21. The smallest absolute Gasteiger partial charge is 0.248 e. The highest BCUT2D eigenvalue weighted by atomic mass is 79.9. The molecule has 1 aliphatic heterocycles. The summed E-state index contributed by atoms with van der Waals surface area (Å²) < 4.78 is 13.2. The third kappa shape index (κ3) is 4.09. The maximum Gasteiger partial charge on any atom is 0.248 e. The molecule has 3 aromatic carbocycles. The van der Waals surface area contributed by atoms with E-state index in [1.54, 1.807) is 36.4 Å². The van der Waals surface area contributed by atoms with Gasteiger partial charge in [-0.15, -0.1) is 0 Å². The van der Waals surface area contributed by atoms with Crippen molar-refractivity contribution in [2.24, 2.45) is 5.73 Å². The zero-order valence-electron chi connectivity index (χ0n) is 16.4. The lowest BCUT2D eigenvalue weighted by molar-refractivity contribution is 0.0846. The van der Waals surface area contributed by atoms with Crippen molar-refractivity contribution in [1.29, 1.82) is 0 Å². The zero-order chi connectivity index (χ0) is 21.3. The van der Waals surface area contributed by atoms with Gasteiger partial charge in [-0.2, -0.15) is 0 Å². The average Bonchev–Trinajstić information content (AvgIpc) is 2.74. The molecule has 0 radical (unpaired) electrons. The average molecular weight is 466 g/mol. The first-order valence-corrected chi connectivity index (χ1v) is 10.3. The quantitative estimate of drug-likeness (QED) is 0.565. The van der Waals surface area contributed by atoms with Crippen LogP contribution in [-0.4, -0.2) is 11.7 Å². The molecule has 0 aromatic heterocycles. The van der Waals surface area contributed by atoms with Crippen LogP contribution in [0, 0.1) is 6.92 Å². The third-order valence-electron chi connectivity index (χ3n) is 5.16. The number of halogens is 1. The topological polar surface area (TPSA) is 78.6 Å². The van der Waals surface area contributed by atoms with Crippen LogP contribution >= 0.6 is 15.9 Å². The Kier molecular flexibility index (Phi) is 5.59. The molecule has 0 saturated heterocycles. The highest BCUT2D eigenvalue weighted by Crippen LogP contribution is 2.40. The molecule has 1 heterocycles. The fraction of sp³-hybridized carbons (Fsp3) is 0.167. The summed E-state index contributed by atoms with van der Waals surface area (Å²) in [6.07, 6.45) is -0.0195. The van der Waals surface area contributed by atoms with Crippen LogP contribution in [0.25, 0.3) is 0 Å². The van der Waals surface area contributed by atoms with E-state index in [4.69, 9.17) is 15.2 Å². The fourth-order valence-electron chi connectivity index (χ4n) is 3.45. The Morgan fingerprint density at radius 2 is 1.80 bits per heavy atom. The molecule has 1 aliphatic rings. The molecular formula is C24H20BrNO4. The Hall–Kier alpha value is -3.12. The van der Waals surface area contributed by atoms with Crippen molar-refractivity contribution in [3.05, 3.63) is 93.0 Å². The molecule has 0 bridgehead atoms. The lowest BCUT2D eigenvalue weighted by Gasteiger charge is -2.27. The van der Waals surface area contributed by atoms with Crippen molar-refractivity contribution >= 4 is 27.6 Å². The molecule has 0 spiro atoms. The van der Waals surface area contributed by atoms with E-state index in [0.29, 0.717) is 35.7 Å². The van der Waals surface area contributed by atoms with Gasteiger partial charge in [0.2, 0.25) is 5.91 Å². The van der Waals surface area contributed by atoms with Gasteiger partial charge in [-0.05, 0) is 54.4 Å². The van der Waals surface area contributed by atoms with E-state index in [1.165, 1.54) is 0 Å². The number of hydrogen-bond acceptors (Lipinski definition) is 4. The molecule has 152 valence electrons. The number of benzene rings is 3. The van der Waals surface area contributed by atoms with Gasteiger partial charge in [0.05, 0.1) is 12.0 Å². The largest absolute Gasteiger partial charge is 0.488 e. The number of nitrogens with two attached hydrogens (primary N) is 1. The molecule has 2 N–H and O–H groups in total. The van der Waals surface area contributed by atoms with Crippen molar-refractivity contribution in [2.45, 2.75) is 26.1 Å². The molecule has 30 heavy (non-hydrogen) atoms. The first-order chi connectivity index (χ1) is 14.4. The maximum absolute atomic E-state index is 12.7. The maximum atomic E-state index is 12.7. The predicted molar refractivity (Wildman–Crippen MR) is 117 cm³/mol. The summed E-state index contributed by atoms with van der Waals surface area (Å²) >= 11 is 3.43. The van der Waals surface area contributed by atoms with Crippen molar-refractivity contribution in [2.75, 3.05) is 0 Å². The summed E-state index contributed by atoms with van der Waals surface area (Å²) in [5.41, 5.74) is 8.96. The second-order valence-electron chi connectivity index (χ2n) is 7.20. The van der Waals surface area contributed by atoms with Crippen molar-refractivity contribution in [1.82, 2.24) is 0 Å². The molecule has 1 atom stereocenters. The first-order valence-electron chi connectivity index (χ1n) is 9.53. The van der Waals surface area contributed by atoms with Crippen LogP contribution in [0.2, 0.25) is 0 Å². The van der Waals surface area contributed by atoms with E-state index in [1.807, 2.05) is 31.2 Å². The summed E-state index contributed by atoms with van der Waals surface area (Å²) in [5, 5.41) is 0. The second-order valence-corrected chi connectivity index (χ2v) is 8.12. The Labute approximate surface area is 182 Å². The van der Waals surface area contributed by atoms with E-state index >= 15 is 0 Å². The van der Waals surface area contributed by atoms with Gasteiger partial charge in [-0.1, -0.05) is 40.2 Å². The number of rotatable bonds is 5. The SMILES string of the molecule is Cc1c(OCc2ccc(C(N)=O)cc2)ccc2c1OC(c1ccc(Br)cc1)CC2=O. The van der Waals surface area contributed by atoms with Gasteiger partial charge in [0.25, 0.3) is 0 Å². The van der Waals surface area contributed by atoms with E-state index in [0.717, 1.165) is 21.2 Å². The molecule has 6 heteroatoms. The van der Waals surface area contributed by atoms with Crippen molar-refractivity contribution in [3.8, 4) is 11.5 Å². The summed E-state index contributed by atoms with van der Waals surface area (Å²) in [4.78, 5) is 23.9. The number of ether oxygens (including phenoxy) is 2. The number of Topliss-reactive ketones (excluding diaryl/α,β-unsaturated/α-hetero) is 1. The van der Waals surface area contributed by atoms with Crippen LogP contribution in [0.15, 0.2) is 65.1 Å². The minimum atomic E-state index is -0.463. The summed E-state index contributed by atoms with van der Waals surface area (Å²) in [5.74, 6) is 0.814. The molecule has 5 nitrogen and oxygen atoms in total. The van der Waals surface area contributed by atoms with Gasteiger partial charge in [0.15, 0.2) is 5.78 Å². The van der Waals surface area contributed by atoms with Crippen LogP contribution < -0.4 is 15.2 Å². The number of ketones is 1. The first kappa shape index (κ1) is 20.2. The van der Waals surface area contributed by atoms with Gasteiger partial charge in [-0.3, -0.25) is 9.59 Å². The van der Waals surface area contributed by atoms with E-state index in [2.05, 4.69) is 15.9 Å². The number of carbonyl (C=O) groups is 2. The molecular weight excluding hydrogens is 446 g/mol. The Morgan fingerprint density at radius 3 is 2.47 bits per heavy atom. The van der Waals surface area contributed by atoms with Gasteiger partial charge >= 0.3 is 0 Å². The van der Waals surface area contributed by atoms with Crippen LogP contribution in [0.5, 0.6) is 11.5 Å². The summed E-state index contributed by atoms with van der Waals surface area (Å²) in [6, 6.07) is 18.3. The molecule has 3 aromatic rings. The molecule has 1 unspecified atom stereocenters. The van der Waals surface area contributed by atoms with Crippen molar-refractivity contribution in [3.63, 3.8) is 0 Å². The van der Waals surface area contributed by atoms with Gasteiger partial charge in [0.1, 0.15) is 24.2 Å². The Bertz CT molecular complexity index is 1110. The standard InChI is InChI=1S/C24H20BrNO4/c1-14-21(29-13-15-2-4-17(5-3-15)24(26)28)11-10-19-20(27)12-22(30-23(14)19)16-6-8-18(25)9-7-16/h2-11,22H,12-13H2,1H3,(H2,26,28). The Balaban J connectivity index is 1.54. The molecule has 0 saturated carbocycles. The van der Waals surface area contributed by atoms with Gasteiger partial charge in [-0.25, -0.2) is 0 Å². The molecule has 4 rings (SSSR count). The normalized spacial score (nSPS) is 15.3. The van der Waals surface area contributed by atoms with Crippen LogP contribution in [0.4, 0.5) is 0 Å². The van der Waals surface area contributed by atoms with Crippen LogP contribution in [0.1, 0.15) is 49.9 Å². The molecule has 1 amide bonds. The number of carbonyl (C=O) groups excluding carboxylic acids is 2. The van der Waals surface area contributed by atoms with Crippen LogP contribution in [-0.2, 0) is 6.61 Å². The van der Waals surface area contributed by atoms with E-state index in [9.17, 15) is 9.59 Å². The number of amides is 1. The molecule has 0 aliphatic carbocycles. The zero-order valence-corrected chi connectivity index (χ0v) is 17.9. The Morgan fingerprint density at radius 1 is 1.10 bits per heavy atom. The predicted octanol–water partition coefficient (Wildman–Crippen LogP) is 5.14. The van der Waals surface area contributed by atoms with Gasteiger partial charge in [0, 0.05) is 15.6 Å². The van der Waals surface area contributed by atoms with E-state index < -0.39 is 5.91 Å². The number of fused-ring (bicyclic) bond motifs is 1. The second kappa shape index (κ2) is 8.32. The summed E-state index contributed by atoms with van der Waals surface area (Å²) in [7, 11) is 0. The molecule has 0 fully saturated rings. The highest BCUT2D eigenvalue weighted by molar-refractivity contribution is 9.10. The van der Waals surface area contributed by atoms with E-state index in [-0.39, 0.29) is 11.9 Å². The minimum Gasteiger partial charge on any atom is -0.488 e.